The van der Waals surface area contributed by atoms with Crippen molar-refractivity contribution >= 4 is 11.6 Å². The molecule has 23 heavy (non-hydrogen) atoms. The molecule has 0 aliphatic heterocycles. The van der Waals surface area contributed by atoms with Crippen molar-refractivity contribution in [2.45, 2.75) is 50.4 Å². The van der Waals surface area contributed by atoms with Crippen molar-refractivity contribution in [1.29, 1.82) is 0 Å². The molecule has 4 nitrogen and oxygen atoms in total. The molecule has 2 N–H and O–H groups in total. The van der Waals surface area contributed by atoms with Crippen LogP contribution in [-0.2, 0) is 0 Å². The van der Waals surface area contributed by atoms with Crippen LogP contribution >= 0.6 is 11.6 Å². The van der Waals surface area contributed by atoms with Gasteiger partial charge < -0.3 is 20.1 Å². The largest absolute Gasteiger partial charge is 0.486 e. The van der Waals surface area contributed by atoms with Gasteiger partial charge in [-0.1, -0.05) is 23.7 Å². The molecule has 0 amide bonds. The fourth-order valence-corrected chi connectivity index (χ4v) is 3.22. The summed E-state index contributed by atoms with van der Waals surface area (Å²) >= 11 is 6.15. The molecule has 0 saturated heterocycles. The van der Waals surface area contributed by atoms with Crippen LogP contribution in [0.2, 0.25) is 5.02 Å². The molecule has 1 aliphatic rings. The average Bonchev–Trinajstić information content (AvgIpc) is 2.52. The number of unbranched alkanes of at least 4 members (excludes halogenated alkanes) is 1. The number of aliphatic hydroxyl groups excluding tert-OH is 1. The molecule has 1 aromatic carbocycles. The monoisotopic (exact) mass is 340 g/mol. The van der Waals surface area contributed by atoms with E-state index in [0.717, 1.165) is 38.8 Å². The van der Waals surface area contributed by atoms with Gasteiger partial charge in [0.1, 0.15) is 18.0 Å². The van der Waals surface area contributed by atoms with E-state index in [1.165, 1.54) is 6.42 Å². The number of rotatable bonds is 8. The topological polar surface area (TPSA) is 44.7 Å². The number of ether oxygens (including phenoxy) is 1. The molecule has 0 heterocycles. The van der Waals surface area contributed by atoms with E-state index in [-0.39, 0.29) is 12.1 Å². The normalized spacial score (nSPS) is 24.8. The molecular formula is C18H29ClN2O2. The summed E-state index contributed by atoms with van der Waals surface area (Å²) in [5.41, 5.74) is 0. The lowest BCUT2D eigenvalue weighted by molar-refractivity contribution is -0.0152. The Balaban J connectivity index is 1.79. The highest BCUT2D eigenvalue weighted by Crippen LogP contribution is 2.29. The first-order chi connectivity index (χ1) is 11.1. The number of nitrogens with one attached hydrogen (secondary N) is 1. The Morgan fingerprint density at radius 1 is 1.26 bits per heavy atom. The molecule has 130 valence electrons. The second-order valence-corrected chi connectivity index (χ2v) is 6.99. The zero-order valence-electron chi connectivity index (χ0n) is 14.2. The summed E-state index contributed by atoms with van der Waals surface area (Å²) in [6, 6.07) is 7.55. The van der Waals surface area contributed by atoms with Crippen molar-refractivity contribution in [3.63, 3.8) is 0 Å². The first kappa shape index (κ1) is 18.5. The van der Waals surface area contributed by atoms with E-state index in [1.54, 1.807) is 0 Å². The van der Waals surface area contributed by atoms with Gasteiger partial charge in [-0.25, -0.2) is 0 Å². The molecule has 5 heteroatoms. The van der Waals surface area contributed by atoms with Crippen molar-refractivity contribution in [3.05, 3.63) is 29.3 Å². The maximum Gasteiger partial charge on any atom is 0.138 e. The van der Waals surface area contributed by atoms with Gasteiger partial charge in [0, 0.05) is 6.04 Å². The maximum absolute atomic E-state index is 10.6. The van der Waals surface area contributed by atoms with Crippen LogP contribution in [0.3, 0.4) is 0 Å². The highest BCUT2D eigenvalue weighted by molar-refractivity contribution is 6.32. The third kappa shape index (κ3) is 5.96. The first-order valence-electron chi connectivity index (χ1n) is 8.55. The highest BCUT2D eigenvalue weighted by Gasteiger charge is 2.33. The van der Waals surface area contributed by atoms with E-state index < -0.39 is 6.10 Å². The summed E-state index contributed by atoms with van der Waals surface area (Å²) in [4.78, 5) is 2.20. The number of benzene rings is 1. The maximum atomic E-state index is 10.6. The van der Waals surface area contributed by atoms with Crippen LogP contribution in [0.1, 0.15) is 32.1 Å². The van der Waals surface area contributed by atoms with Gasteiger partial charge in [-0.15, -0.1) is 0 Å². The minimum atomic E-state index is -0.492. The summed E-state index contributed by atoms with van der Waals surface area (Å²) in [7, 11) is 4.18. The lowest BCUT2D eigenvalue weighted by Crippen LogP contribution is -2.51. The molecule has 0 aromatic heterocycles. The van der Waals surface area contributed by atoms with E-state index >= 15 is 0 Å². The van der Waals surface area contributed by atoms with E-state index in [1.807, 2.05) is 24.3 Å². The van der Waals surface area contributed by atoms with E-state index in [2.05, 4.69) is 24.3 Å². The van der Waals surface area contributed by atoms with Gasteiger partial charge in [0.2, 0.25) is 0 Å². The fraction of sp³-hybridized carbons (Fsp3) is 0.667. The van der Waals surface area contributed by atoms with Crippen molar-refractivity contribution in [2.24, 2.45) is 0 Å². The van der Waals surface area contributed by atoms with Crippen molar-refractivity contribution in [3.8, 4) is 5.75 Å². The summed E-state index contributed by atoms with van der Waals surface area (Å²) in [5, 5.41) is 14.7. The quantitative estimate of drug-likeness (QED) is 0.714. The van der Waals surface area contributed by atoms with Crippen molar-refractivity contribution in [1.82, 2.24) is 10.2 Å². The minimum absolute atomic E-state index is 0.107. The Hall–Kier alpha value is -0.810. The number of para-hydroxylation sites is 1. The predicted molar refractivity (Wildman–Crippen MR) is 95.3 cm³/mol. The third-order valence-electron chi connectivity index (χ3n) is 4.35. The van der Waals surface area contributed by atoms with Crippen molar-refractivity contribution in [2.75, 3.05) is 27.2 Å². The number of halogens is 1. The van der Waals surface area contributed by atoms with Gasteiger partial charge in [-0.3, -0.25) is 0 Å². The number of aliphatic hydroxyl groups is 1. The van der Waals surface area contributed by atoms with Gasteiger partial charge in [-0.2, -0.15) is 0 Å². The Labute approximate surface area is 144 Å². The van der Waals surface area contributed by atoms with E-state index in [0.29, 0.717) is 10.8 Å². The van der Waals surface area contributed by atoms with Gasteiger partial charge in [0.15, 0.2) is 0 Å². The average molecular weight is 341 g/mol. The SMILES string of the molecule is CN(C)CCCCN[C@H]1CCC[C@@H](Oc2ccccc2Cl)[C@@H]1O. The standard InChI is InChI=1S/C18H29ClN2O2/c1-21(2)13-6-5-12-20-15-9-7-11-17(18(15)22)23-16-10-4-3-8-14(16)19/h3-4,8,10,15,17-18,20,22H,5-7,9,11-13H2,1-2H3/t15-,17+,18+/m0/s1. The fourth-order valence-electron chi connectivity index (χ4n) is 3.03. The van der Waals surface area contributed by atoms with E-state index in [9.17, 15) is 5.11 Å². The van der Waals surface area contributed by atoms with Crippen LogP contribution in [0.5, 0.6) is 5.75 Å². The number of nitrogens with zero attached hydrogens (tertiary/aromatic N) is 1. The second kappa shape index (κ2) is 9.48. The molecule has 1 saturated carbocycles. The van der Waals surface area contributed by atoms with Gasteiger partial charge in [0.25, 0.3) is 0 Å². The first-order valence-corrected chi connectivity index (χ1v) is 8.93. The van der Waals surface area contributed by atoms with Crippen LogP contribution in [-0.4, -0.2) is 55.4 Å². The Bertz CT molecular complexity index is 470. The molecule has 1 fully saturated rings. The molecule has 0 radical (unpaired) electrons. The minimum Gasteiger partial charge on any atom is -0.486 e. The molecule has 0 bridgehead atoms. The molecule has 1 aliphatic carbocycles. The van der Waals surface area contributed by atoms with Crippen molar-refractivity contribution < 1.29 is 9.84 Å². The second-order valence-electron chi connectivity index (χ2n) is 6.58. The van der Waals surface area contributed by atoms with Crippen LogP contribution in [0.25, 0.3) is 0 Å². The Morgan fingerprint density at radius 2 is 2.04 bits per heavy atom. The summed E-state index contributed by atoms with van der Waals surface area (Å²) in [6.07, 6.45) is 4.53. The lowest BCUT2D eigenvalue weighted by Gasteiger charge is -2.35. The summed E-state index contributed by atoms with van der Waals surface area (Å²) in [6.45, 7) is 2.04. The van der Waals surface area contributed by atoms with Crippen LogP contribution in [0.4, 0.5) is 0 Å². The Morgan fingerprint density at radius 3 is 2.78 bits per heavy atom. The molecule has 1 aromatic rings. The van der Waals surface area contributed by atoms with Crippen LogP contribution in [0.15, 0.2) is 24.3 Å². The third-order valence-corrected chi connectivity index (χ3v) is 4.66. The summed E-state index contributed by atoms with van der Waals surface area (Å²) in [5.74, 6) is 0.657. The molecular weight excluding hydrogens is 312 g/mol. The van der Waals surface area contributed by atoms with Gasteiger partial charge in [0.05, 0.1) is 5.02 Å². The molecule has 2 rings (SSSR count). The number of hydrogen-bond acceptors (Lipinski definition) is 4. The lowest BCUT2D eigenvalue weighted by atomic mass is 9.89. The van der Waals surface area contributed by atoms with Gasteiger partial charge in [-0.05, 0) is 71.4 Å². The summed E-state index contributed by atoms with van der Waals surface area (Å²) < 4.78 is 5.96. The highest BCUT2D eigenvalue weighted by atomic mass is 35.5. The number of hydrogen-bond donors (Lipinski definition) is 2. The molecule has 0 unspecified atom stereocenters. The zero-order valence-corrected chi connectivity index (χ0v) is 14.9. The van der Waals surface area contributed by atoms with Crippen LogP contribution < -0.4 is 10.1 Å². The smallest absolute Gasteiger partial charge is 0.138 e. The zero-order chi connectivity index (χ0) is 16.7. The van der Waals surface area contributed by atoms with Gasteiger partial charge >= 0.3 is 0 Å². The Kier molecular flexibility index (Phi) is 7.63. The molecule has 0 spiro atoms. The van der Waals surface area contributed by atoms with Crippen LogP contribution in [0, 0.1) is 0 Å². The molecule has 3 atom stereocenters. The van der Waals surface area contributed by atoms with E-state index in [4.69, 9.17) is 16.3 Å². The predicted octanol–water partition coefficient (Wildman–Crippen LogP) is 2.93.